The van der Waals surface area contributed by atoms with Crippen LogP contribution in [0.15, 0.2) is 54.7 Å². The van der Waals surface area contributed by atoms with Crippen molar-refractivity contribution in [3.63, 3.8) is 0 Å². The van der Waals surface area contributed by atoms with Crippen LogP contribution in [0.2, 0.25) is 0 Å². The highest BCUT2D eigenvalue weighted by Crippen LogP contribution is 2.35. The van der Waals surface area contributed by atoms with Gasteiger partial charge in [0, 0.05) is 81.6 Å². The van der Waals surface area contributed by atoms with Gasteiger partial charge in [0.05, 0.1) is 22.4 Å². The van der Waals surface area contributed by atoms with Crippen LogP contribution in [-0.4, -0.2) is 92.6 Å². The lowest BCUT2D eigenvalue weighted by molar-refractivity contribution is -0.138. The Labute approximate surface area is 316 Å². The molecular formula is C39H42F3N9O4. The second-order valence-electron chi connectivity index (χ2n) is 14.5. The number of nitrogens with zero attached hydrogens (tertiary/aromatic N) is 6. The van der Waals surface area contributed by atoms with E-state index < -0.39 is 35.4 Å². The van der Waals surface area contributed by atoms with E-state index in [9.17, 15) is 27.6 Å². The zero-order valence-electron chi connectivity index (χ0n) is 31.2. The number of urea groups is 1. The monoisotopic (exact) mass is 757 g/mol. The number of alkyl halides is 3. The molecule has 4 heterocycles. The molecule has 0 saturated carbocycles. The molecule has 4 aromatic rings. The van der Waals surface area contributed by atoms with Gasteiger partial charge in [-0.2, -0.15) is 13.2 Å². The van der Waals surface area contributed by atoms with Crippen LogP contribution >= 0.6 is 0 Å². The molecule has 0 unspecified atom stereocenters. The van der Waals surface area contributed by atoms with Crippen molar-refractivity contribution in [2.24, 2.45) is 7.05 Å². The second-order valence-corrected chi connectivity index (χ2v) is 14.5. The Kier molecular flexibility index (Phi) is 10.9. The molecule has 0 bridgehead atoms. The summed E-state index contributed by atoms with van der Waals surface area (Å²) < 4.78 is 49.5. The minimum Gasteiger partial charge on any atom is -0.443 e. The van der Waals surface area contributed by atoms with Gasteiger partial charge in [0.2, 0.25) is 5.95 Å². The first-order valence-electron chi connectivity index (χ1n) is 17.6. The molecule has 2 aromatic heterocycles. The molecule has 0 aliphatic carbocycles. The third-order valence-corrected chi connectivity index (χ3v) is 9.19. The average Bonchev–Trinajstić information content (AvgIpc) is 3.45. The largest absolute Gasteiger partial charge is 0.443 e. The molecule has 0 spiro atoms. The van der Waals surface area contributed by atoms with Gasteiger partial charge in [0.25, 0.3) is 5.91 Å². The normalized spacial score (nSPS) is 15.2. The maximum Gasteiger partial charge on any atom is 0.417 e. The zero-order chi connectivity index (χ0) is 39.7. The summed E-state index contributed by atoms with van der Waals surface area (Å²) >= 11 is 0. The number of anilines is 3. The van der Waals surface area contributed by atoms with Crippen LogP contribution in [0.3, 0.4) is 0 Å². The number of benzene rings is 2. The molecule has 0 radical (unpaired) electrons. The molecule has 4 N–H and O–H groups in total. The molecular weight excluding hydrogens is 715 g/mol. The minimum absolute atomic E-state index is 0.000354. The lowest BCUT2D eigenvalue weighted by atomic mass is 10.0. The van der Waals surface area contributed by atoms with Gasteiger partial charge in [-0.05, 0) is 69.8 Å². The summed E-state index contributed by atoms with van der Waals surface area (Å²) in [5.41, 5.74) is 7.76. The number of amides is 4. The van der Waals surface area contributed by atoms with Gasteiger partial charge in [-0.1, -0.05) is 24.0 Å². The highest BCUT2D eigenvalue weighted by atomic mass is 19.4. The summed E-state index contributed by atoms with van der Waals surface area (Å²) in [5.74, 6) is 5.59. The van der Waals surface area contributed by atoms with Crippen LogP contribution in [-0.2, 0) is 30.9 Å². The molecule has 2 aliphatic heterocycles. The highest BCUT2D eigenvalue weighted by molar-refractivity contribution is 6.05. The molecule has 2 aromatic carbocycles. The molecule has 2 aliphatic rings. The standard InChI is InChI=1S/C39H42F3N9O4/c1-38(2,3)55-37(54)51-14-13-31-29(34(51)52)21-32(49(31)5)33-25(22-44-35(43)47-33)10-9-24-7-6-8-27(19-24)45-36(53)46-28-12-11-26(30(20-28)39(40,41)42)23-50-17-15-48(4)16-18-50/h6-8,11-12,19-22H,13-18,23H2,1-5H3,(H2,43,44,47)(H2,45,46,53). The van der Waals surface area contributed by atoms with Gasteiger partial charge in [0.1, 0.15) is 11.3 Å². The summed E-state index contributed by atoms with van der Waals surface area (Å²) in [5, 5.41) is 5.16. The number of rotatable bonds is 5. The summed E-state index contributed by atoms with van der Waals surface area (Å²) in [6.45, 7) is 8.39. The fourth-order valence-electron chi connectivity index (χ4n) is 6.41. The van der Waals surface area contributed by atoms with E-state index in [4.69, 9.17) is 10.5 Å². The van der Waals surface area contributed by atoms with E-state index in [1.165, 1.54) is 18.3 Å². The van der Waals surface area contributed by atoms with Gasteiger partial charge in [-0.3, -0.25) is 9.69 Å². The Morgan fingerprint density at radius 2 is 1.65 bits per heavy atom. The fraction of sp³-hybridized carbons (Fsp3) is 0.359. The average molecular weight is 758 g/mol. The Bertz CT molecular complexity index is 2190. The summed E-state index contributed by atoms with van der Waals surface area (Å²) in [6, 6.07) is 11.3. The Hall–Kier alpha value is -5.92. The van der Waals surface area contributed by atoms with Crippen molar-refractivity contribution in [2.75, 3.05) is 56.1 Å². The molecule has 6 rings (SSSR count). The topological polar surface area (TPSA) is 151 Å². The SMILES string of the molecule is CN1CCN(Cc2ccc(NC(=O)Nc3cccc(C#Cc4cnc(N)nc4-c4cc5c(n4C)CCN(C(=O)OC(C)(C)C)C5=O)c3)cc2C(F)(F)F)CC1. The first-order chi connectivity index (χ1) is 25.9. The van der Waals surface area contributed by atoms with E-state index in [2.05, 4.69) is 37.3 Å². The predicted molar refractivity (Wildman–Crippen MR) is 201 cm³/mol. The number of fused-ring (bicyclic) bond motifs is 1. The maximum absolute atomic E-state index is 14.1. The van der Waals surface area contributed by atoms with Crippen molar-refractivity contribution < 1.29 is 32.3 Å². The van der Waals surface area contributed by atoms with Gasteiger partial charge in [-0.25, -0.2) is 24.5 Å². The number of hydrogen-bond acceptors (Lipinski definition) is 9. The molecule has 1 saturated heterocycles. The van der Waals surface area contributed by atoms with Gasteiger partial charge in [-0.15, -0.1) is 0 Å². The molecule has 55 heavy (non-hydrogen) atoms. The number of aromatic nitrogens is 3. The van der Waals surface area contributed by atoms with Gasteiger partial charge < -0.3 is 30.6 Å². The highest BCUT2D eigenvalue weighted by Gasteiger charge is 2.36. The number of ether oxygens (including phenoxy) is 1. The van der Waals surface area contributed by atoms with Crippen LogP contribution in [0.25, 0.3) is 11.4 Å². The molecule has 288 valence electrons. The van der Waals surface area contributed by atoms with Crippen LogP contribution in [0.1, 0.15) is 59.1 Å². The number of halogens is 3. The summed E-state index contributed by atoms with van der Waals surface area (Å²) in [4.78, 5) is 52.8. The van der Waals surface area contributed by atoms with E-state index in [1.807, 2.05) is 16.5 Å². The number of nitrogens with two attached hydrogens (primary N) is 1. The number of carbonyl (C=O) groups is 3. The van der Waals surface area contributed by atoms with Gasteiger partial charge in [0.15, 0.2) is 0 Å². The van der Waals surface area contributed by atoms with E-state index in [0.717, 1.165) is 24.1 Å². The van der Waals surface area contributed by atoms with Gasteiger partial charge >= 0.3 is 18.3 Å². The number of hydrogen-bond donors (Lipinski definition) is 3. The molecule has 16 heteroatoms. The Morgan fingerprint density at radius 1 is 0.945 bits per heavy atom. The number of imide groups is 1. The lowest BCUT2D eigenvalue weighted by Gasteiger charge is -2.33. The van der Waals surface area contributed by atoms with Crippen LogP contribution in [0.5, 0.6) is 0 Å². The molecule has 4 amide bonds. The summed E-state index contributed by atoms with van der Waals surface area (Å²) in [7, 11) is 3.77. The number of likely N-dealkylation sites (N-methyl/N-ethyl adjacent to an activating group) is 1. The van der Waals surface area contributed by atoms with E-state index in [-0.39, 0.29) is 30.3 Å². The predicted octanol–water partition coefficient (Wildman–Crippen LogP) is 5.81. The smallest absolute Gasteiger partial charge is 0.417 e. The third kappa shape index (κ3) is 9.25. The number of nitrogen functional groups attached to an aromatic ring is 1. The van der Waals surface area contributed by atoms with Crippen LogP contribution < -0.4 is 16.4 Å². The summed E-state index contributed by atoms with van der Waals surface area (Å²) in [6.07, 6.45) is -3.45. The van der Waals surface area contributed by atoms with Crippen molar-refractivity contribution in [2.45, 2.75) is 45.5 Å². The number of piperazine rings is 1. The molecule has 1 fully saturated rings. The fourth-order valence-corrected chi connectivity index (χ4v) is 6.41. The minimum atomic E-state index is -4.60. The van der Waals surface area contributed by atoms with E-state index in [0.29, 0.717) is 59.0 Å². The zero-order valence-corrected chi connectivity index (χ0v) is 31.2. The number of carbonyl (C=O) groups excluding carboxylic acids is 3. The van der Waals surface area contributed by atoms with Crippen molar-refractivity contribution >= 4 is 35.4 Å². The van der Waals surface area contributed by atoms with Crippen molar-refractivity contribution in [3.05, 3.63) is 88.2 Å². The quantitative estimate of drug-likeness (QED) is 0.215. The number of nitrogens with one attached hydrogen (secondary N) is 2. The van der Waals surface area contributed by atoms with Crippen molar-refractivity contribution in [1.82, 2.24) is 29.2 Å². The van der Waals surface area contributed by atoms with E-state index >= 15 is 0 Å². The maximum atomic E-state index is 14.1. The van der Waals surface area contributed by atoms with Crippen LogP contribution in [0, 0.1) is 11.8 Å². The van der Waals surface area contributed by atoms with E-state index in [1.54, 1.807) is 58.2 Å². The molecule has 0 atom stereocenters. The van der Waals surface area contributed by atoms with Crippen LogP contribution in [0.4, 0.5) is 40.1 Å². The van der Waals surface area contributed by atoms with Crippen molar-refractivity contribution in [3.8, 4) is 23.2 Å². The Morgan fingerprint density at radius 3 is 2.35 bits per heavy atom. The first kappa shape index (κ1) is 38.8. The first-order valence-corrected chi connectivity index (χ1v) is 17.6. The third-order valence-electron chi connectivity index (χ3n) is 9.19. The lowest BCUT2D eigenvalue weighted by Crippen LogP contribution is -2.44. The Balaban J connectivity index is 1.17. The molecule has 13 nitrogen and oxygen atoms in total. The second kappa shape index (κ2) is 15.4. The van der Waals surface area contributed by atoms with Crippen molar-refractivity contribution in [1.29, 1.82) is 0 Å².